The zero-order valence-corrected chi connectivity index (χ0v) is 15.4. The number of ketones is 4. The highest BCUT2D eigenvalue weighted by Gasteiger charge is 2.35. The Morgan fingerprint density at radius 3 is 1.68 bits per heavy atom. The first-order chi connectivity index (χ1) is 12.1. The van der Waals surface area contributed by atoms with Crippen LogP contribution in [0.15, 0.2) is 0 Å². The summed E-state index contributed by atoms with van der Waals surface area (Å²) in [4.78, 5) is 44.9. The normalized spacial score (nSPS) is 29.1. The van der Waals surface area contributed by atoms with E-state index in [0.717, 1.165) is 32.1 Å². The third-order valence-corrected chi connectivity index (χ3v) is 5.72. The van der Waals surface area contributed by atoms with Gasteiger partial charge in [0.1, 0.15) is 23.1 Å². The van der Waals surface area contributed by atoms with Crippen molar-refractivity contribution in [1.29, 1.82) is 0 Å². The Balaban J connectivity index is 0.000000236. The van der Waals surface area contributed by atoms with Gasteiger partial charge in [-0.15, -0.1) is 0 Å². The summed E-state index contributed by atoms with van der Waals surface area (Å²) >= 11 is 0. The SMILES string of the molecule is O=C1CCC2CCCCCCCCCC1C2=O.O=C1CCCC(=O)C1. The Labute approximate surface area is 151 Å². The highest BCUT2D eigenvalue weighted by Crippen LogP contribution is 2.31. The fourth-order valence-electron chi connectivity index (χ4n) is 4.17. The number of Topliss-reactive ketones (excluding diaryl/α,β-unsaturated/α-hetero) is 4. The molecule has 0 saturated heterocycles. The fraction of sp³-hybridized carbons (Fsp3) is 0.810. The van der Waals surface area contributed by atoms with Gasteiger partial charge < -0.3 is 0 Å². The maximum atomic E-state index is 12.2. The van der Waals surface area contributed by atoms with E-state index < -0.39 is 0 Å². The van der Waals surface area contributed by atoms with Gasteiger partial charge in [0.25, 0.3) is 0 Å². The smallest absolute Gasteiger partial charge is 0.146 e. The van der Waals surface area contributed by atoms with Gasteiger partial charge in [-0.05, 0) is 25.7 Å². The Kier molecular flexibility index (Phi) is 8.50. The predicted molar refractivity (Wildman–Crippen MR) is 96.3 cm³/mol. The molecule has 3 rings (SSSR count). The van der Waals surface area contributed by atoms with Gasteiger partial charge in [-0.25, -0.2) is 0 Å². The molecule has 3 fully saturated rings. The average Bonchev–Trinajstić information content (AvgIpc) is 2.57. The molecule has 2 atom stereocenters. The lowest BCUT2D eigenvalue weighted by Crippen LogP contribution is -2.35. The molecule has 0 aliphatic heterocycles. The second-order valence-electron chi connectivity index (χ2n) is 7.82. The summed E-state index contributed by atoms with van der Waals surface area (Å²) in [6, 6.07) is 0. The lowest BCUT2D eigenvalue weighted by molar-refractivity contribution is -0.139. The van der Waals surface area contributed by atoms with Gasteiger partial charge in [0, 0.05) is 25.2 Å². The summed E-state index contributed by atoms with van der Waals surface area (Å²) in [5.41, 5.74) is 0. The van der Waals surface area contributed by atoms with Gasteiger partial charge in [-0.1, -0.05) is 44.9 Å². The van der Waals surface area contributed by atoms with Crippen LogP contribution < -0.4 is 0 Å². The Bertz CT molecular complexity index is 480. The summed E-state index contributed by atoms with van der Waals surface area (Å²) in [7, 11) is 0. The van der Waals surface area contributed by atoms with E-state index in [2.05, 4.69) is 0 Å². The summed E-state index contributed by atoms with van der Waals surface area (Å²) < 4.78 is 0. The van der Waals surface area contributed by atoms with Gasteiger partial charge in [0.05, 0.1) is 12.3 Å². The number of rotatable bonds is 0. The summed E-state index contributed by atoms with van der Waals surface area (Å²) in [5, 5.41) is 0. The van der Waals surface area contributed by atoms with Crippen LogP contribution in [0, 0.1) is 11.8 Å². The van der Waals surface area contributed by atoms with E-state index in [9.17, 15) is 19.2 Å². The Morgan fingerprint density at radius 1 is 0.560 bits per heavy atom. The molecule has 0 radical (unpaired) electrons. The summed E-state index contributed by atoms with van der Waals surface area (Å²) in [6.07, 6.45) is 14.2. The predicted octanol–water partition coefficient (Wildman–Crippen LogP) is 4.37. The van der Waals surface area contributed by atoms with Gasteiger partial charge in [-0.2, -0.15) is 0 Å². The molecule has 0 aromatic heterocycles. The van der Waals surface area contributed by atoms with E-state index in [0.29, 0.717) is 19.3 Å². The molecule has 2 bridgehead atoms. The van der Waals surface area contributed by atoms with Crippen molar-refractivity contribution in [3.8, 4) is 0 Å². The lowest BCUT2D eigenvalue weighted by Gasteiger charge is -2.27. The maximum Gasteiger partial charge on any atom is 0.146 e. The zero-order valence-electron chi connectivity index (χ0n) is 15.4. The van der Waals surface area contributed by atoms with Gasteiger partial charge in [-0.3, -0.25) is 19.2 Å². The van der Waals surface area contributed by atoms with Gasteiger partial charge >= 0.3 is 0 Å². The maximum absolute atomic E-state index is 12.2. The van der Waals surface area contributed by atoms with E-state index in [1.807, 2.05) is 0 Å². The van der Waals surface area contributed by atoms with Crippen LogP contribution >= 0.6 is 0 Å². The minimum absolute atomic E-state index is 0.112. The van der Waals surface area contributed by atoms with Crippen LogP contribution in [0.5, 0.6) is 0 Å². The Morgan fingerprint density at radius 2 is 1.12 bits per heavy atom. The quantitative estimate of drug-likeness (QED) is 0.609. The monoisotopic (exact) mass is 348 g/mol. The molecule has 0 heterocycles. The van der Waals surface area contributed by atoms with Crippen LogP contribution in [0.25, 0.3) is 0 Å². The summed E-state index contributed by atoms with van der Waals surface area (Å²) in [5.74, 6) is 0.706. The van der Waals surface area contributed by atoms with Crippen LogP contribution in [0.2, 0.25) is 0 Å². The van der Waals surface area contributed by atoms with Crippen molar-refractivity contribution in [2.75, 3.05) is 0 Å². The second kappa shape index (κ2) is 10.6. The van der Waals surface area contributed by atoms with Crippen molar-refractivity contribution in [3.05, 3.63) is 0 Å². The minimum Gasteiger partial charge on any atom is -0.299 e. The second-order valence-corrected chi connectivity index (χ2v) is 7.82. The molecule has 140 valence electrons. The first kappa shape index (κ1) is 20.0. The van der Waals surface area contributed by atoms with Gasteiger partial charge in [0.15, 0.2) is 0 Å². The standard InChI is InChI=1S/C15H24O2.C6H8O2/c16-14-11-10-12-8-6-4-2-1-3-5-7-9-13(14)15(12)17;7-5-2-1-3-6(8)4-5/h12-13H,1-11H2;1-4H2. The molecule has 0 N–H and O–H groups in total. The van der Waals surface area contributed by atoms with Crippen LogP contribution in [0.3, 0.4) is 0 Å². The van der Waals surface area contributed by atoms with Crippen molar-refractivity contribution in [2.45, 2.75) is 96.3 Å². The van der Waals surface area contributed by atoms with E-state index in [1.165, 1.54) is 38.5 Å². The van der Waals surface area contributed by atoms with Crippen LogP contribution in [-0.2, 0) is 19.2 Å². The van der Waals surface area contributed by atoms with E-state index in [1.54, 1.807) is 0 Å². The molecule has 3 saturated carbocycles. The molecule has 25 heavy (non-hydrogen) atoms. The van der Waals surface area contributed by atoms with Crippen molar-refractivity contribution >= 4 is 23.1 Å². The average molecular weight is 348 g/mol. The van der Waals surface area contributed by atoms with E-state index in [-0.39, 0.29) is 41.4 Å². The fourth-order valence-corrected chi connectivity index (χ4v) is 4.17. The third-order valence-electron chi connectivity index (χ3n) is 5.72. The van der Waals surface area contributed by atoms with Gasteiger partial charge in [0.2, 0.25) is 0 Å². The van der Waals surface area contributed by atoms with Crippen molar-refractivity contribution in [1.82, 2.24) is 0 Å². The van der Waals surface area contributed by atoms with Crippen molar-refractivity contribution in [2.24, 2.45) is 11.8 Å². The number of carbonyl (C=O) groups excluding carboxylic acids is 4. The molecule has 3 aliphatic carbocycles. The topological polar surface area (TPSA) is 68.3 Å². The van der Waals surface area contributed by atoms with Crippen LogP contribution in [-0.4, -0.2) is 23.1 Å². The number of hydrogen-bond acceptors (Lipinski definition) is 4. The van der Waals surface area contributed by atoms with Crippen LogP contribution in [0.1, 0.15) is 96.3 Å². The molecule has 0 aromatic carbocycles. The highest BCUT2D eigenvalue weighted by molar-refractivity contribution is 6.05. The third kappa shape index (κ3) is 6.83. The van der Waals surface area contributed by atoms with E-state index in [4.69, 9.17) is 0 Å². The first-order valence-corrected chi connectivity index (χ1v) is 10.2. The molecule has 0 spiro atoms. The minimum atomic E-state index is -0.229. The molecule has 4 nitrogen and oxygen atoms in total. The summed E-state index contributed by atoms with van der Waals surface area (Å²) in [6.45, 7) is 0. The lowest BCUT2D eigenvalue weighted by atomic mass is 9.75. The van der Waals surface area contributed by atoms with Crippen molar-refractivity contribution < 1.29 is 19.2 Å². The van der Waals surface area contributed by atoms with Crippen molar-refractivity contribution in [3.63, 3.8) is 0 Å². The molecule has 2 unspecified atom stereocenters. The Hall–Kier alpha value is -1.32. The number of hydrogen-bond donors (Lipinski definition) is 0. The molecular weight excluding hydrogens is 316 g/mol. The van der Waals surface area contributed by atoms with E-state index >= 15 is 0 Å². The zero-order chi connectivity index (χ0) is 18.1. The van der Waals surface area contributed by atoms with Crippen LogP contribution in [0.4, 0.5) is 0 Å². The molecule has 0 aromatic rings. The largest absolute Gasteiger partial charge is 0.299 e. The molecular formula is C21H32O4. The molecule has 3 aliphatic rings. The number of carbonyl (C=O) groups is 4. The first-order valence-electron chi connectivity index (χ1n) is 10.2. The highest BCUT2D eigenvalue weighted by atomic mass is 16.2. The number of fused-ring (bicyclic) bond motifs is 2. The molecule has 4 heteroatoms. The molecule has 0 amide bonds.